The van der Waals surface area contributed by atoms with Gasteiger partial charge < -0.3 is 10.0 Å². The number of amides is 1. The molecule has 0 aromatic carbocycles. The van der Waals surface area contributed by atoms with Gasteiger partial charge >= 0.3 is 5.97 Å². The minimum atomic E-state index is -2.25. The lowest BCUT2D eigenvalue weighted by molar-refractivity contribution is -0.150. The van der Waals surface area contributed by atoms with Crippen LogP contribution in [0, 0.1) is 5.41 Å². The van der Waals surface area contributed by atoms with Crippen LogP contribution >= 0.6 is 0 Å². The van der Waals surface area contributed by atoms with Gasteiger partial charge in [0, 0.05) is 19.4 Å². The van der Waals surface area contributed by atoms with Crippen LogP contribution in [0.15, 0.2) is 0 Å². The van der Waals surface area contributed by atoms with Gasteiger partial charge in [0.2, 0.25) is 11.6 Å². The Morgan fingerprint density at radius 2 is 2.00 bits per heavy atom. The topological polar surface area (TPSA) is 57.6 Å². The lowest BCUT2D eigenvalue weighted by Gasteiger charge is -2.21. The molecule has 4 nitrogen and oxygen atoms in total. The van der Waals surface area contributed by atoms with Crippen molar-refractivity contribution in [3.05, 3.63) is 0 Å². The number of nitrogens with zero attached hydrogens (tertiary/aromatic N) is 1. The van der Waals surface area contributed by atoms with E-state index in [2.05, 4.69) is 0 Å². The predicted octanol–water partition coefficient (Wildman–Crippen LogP) is 1.84. The lowest BCUT2D eigenvalue weighted by Crippen LogP contribution is -2.39. The Bertz CT molecular complexity index is 324. The molecule has 1 saturated heterocycles. The monoisotopic (exact) mass is 245 g/mol. The Labute approximate surface area is 101 Å². The summed E-state index contributed by atoms with van der Waals surface area (Å²) in [5.41, 5.74) is -2.20. The number of hydrogen-bond donors (Lipinski definition) is 1. The summed E-state index contributed by atoms with van der Waals surface area (Å²) >= 11 is 0. The molecule has 5 heteroatoms. The Hall–Kier alpha value is -1.13. The second kappa shape index (κ2) is 4.63. The number of aliphatic carboxylic acids is 1. The van der Waals surface area contributed by atoms with Crippen LogP contribution in [0.3, 0.4) is 0 Å². The van der Waals surface area contributed by atoms with Gasteiger partial charge in [-0.15, -0.1) is 0 Å². The summed E-state index contributed by atoms with van der Waals surface area (Å²) in [4.78, 5) is 23.8. The van der Waals surface area contributed by atoms with Gasteiger partial charge in [0.15, 0.2) is 0 Å². The number of carboxylic acid groups (broad SMARTS) is 1. The number of rotatable bonds is 3. The minimum absolute atomic E-state index is 0.0506. The van der Waals surface area contributed by atoms with Crippen molar-refractivity contribution in [3.63, 3.8) is 0 Å². The molecular weight excluding hydrogens is 225 g/mol. The molecule has 0 aromatic rings. The van der Waals surface area contributed by atoms with Gasteiger partial charge in [-0.25, -0.2) is 9.18 Å². The zero-order valence-corrected chi connectivity index (χ0v) is 10.6. The van der Waals surface area contributed by atoms with Crippen molar-refractivity contribution in [3.8, 4) is 0 Å². The standard InChI is InChI=1S/C12H20FNO3/c1-11(2,3)5-4-9(15)14-7-6-12(13,8-14)10(16)17/h4-8H2,1-3H3,(H,16,17). The number of halogens is 1. The van der Waals surface area contributed by atoms with E-state index in [0.717, 1.165) is 0 Å². The molecule has 0 bridgehead atoms. The van der Waals surface area contributed by atoms with Crippen molar-refractivity contribution in [2.75, 3.05) is 13.1 Å². The van der Waals surface area contributed by atoms with Crippen molar-refractivity contribution in [1.29, 1.82) is 0 Å². The number of alkyl halides is 1. The van der Waals surface area contributed by atoms with Crippen molar-refractivity contribution >= 4 is 11.9 Å². The maximum absolute atomic E-state index is 13.7. The fourth-order valence-corrected chi connectivity index (χ4v) is 1.80. The molecule has 1 amide bonds. The van der Waals surface area contributed by atoms with Crippen molar-refractivity contribution in [1.82, 2.24) is 4.90 Å². The fourth-order valence-electron chi connectivity index (χ4n) is 1.80. The molecular formula is C12H20FNO3. The second-order valence-corrected chi connectivity index (χ2v) is 5.90. The summed E-state index contributed by atoms with van der Waals surface area (Å²) in [7, 11) is 0. The van der Waals surface area contributed by atoms with E-state index in [0.29, 0.717) is 12.8 Å². The molecule has 0 aromatic heterocycles. The van der Waals surface area contributed by atoms with Crippen LogP contribution in [0.1, 0.15) is 40.0 Å². The molecule has 1 atom stereocenters. The van der Waals surface area contributed by atoms with E-state index in [4.69, 9.17) is 5.11 Å². The van der Waals surface area contributed by atoms with Gasteiger partial charge in [-0.05, 0) is 11.8 Å². The van der Waals surface area contributed by atoms with Gasteiger partial charge in [-0.2, -0.15) is 0 Å². The number of likely N-dealkylation sites (tertiary alicyclic amines) is 1. The summed E-state index contributed by atoms with van der Waals surface area (Å²) in [6.45, 7) is 5.97. The SMILES string of the molecule is CC(C)(C)CCC(=O)N1CCC(F)(C(=O)O)C1. The molecule has 1 fully saturated rings. The van der Waals surface area contributed by atoms with E-state index in [9.17, 15) is 14.0 Å². The number of carboxylic acids is 1. The first-order valence-electron chi connectivity index (χ1n) is 5.84. The first kappa shape index (κ1) is 13.9. The third kappa shape index (κ3) is 3.68. The van der Waals surface area contributed by atoms with Crippen molar-refractivity contribution in [2.24, 2.45) is 5.41 Å². The van der Waals surface area contributed by atoms with E-state index in [1.54, 1.807) is 0 Å². The molecule has 1 N–H and O–H groups in total. The highest BCUT2D eigenvalue weighted by Gasteiger charge is 2.46. The van der Waals surface area contributed by atoms with Crippen LogP contribution in [-0.2, 0) is 9.59 Å². The van der Waals surface area contributed by atoms with Gasteiger partial charge in [0.25, 0.3) is 0 Å². The summed E-state index contributed by atoms with van der Waals surface area (Å²) in [6.07, 6.45) is 0.956. The third-order valence-corrected chi connectivity index (χ3v) is 3.04. The molecule has 1 heterocycles. The second-order valence-electron chi connectivity index (χ2n) is 5.90. The predicted molar refractivity (Wildman–Crippen MR) is 61.4 cm³/mol. The highest BCUT2D eigenvalue weighted by atomic mass is 19.1. The van der Waals surface area contributed by atoms with Crippen LogP contribution in [0.4, 0.5) is 4.39 Å². The van der Waals surface area contributed by atoms with Crippen LogP contribution in [0.25, 0.3) is 0 Å². The highest BCUT2D eigenvalue weighted by molar-refractivity contribution is 5.82. The van der Waals surface area contributed by atoms with Gasteiger partial charge in [0.05, 0.1) is 6.54 Å². The van der Waals surface area contributed by atoms with Crippen molar-refractivity contribution in [2.45, 2.75) is 45.7 Å². The first-order valence-corrected chi connectivity index (χ1v) is 5.84. The number of hydrogen-bond acceptors (Lipinski definition) is 2. The largest absolute Gasteiger partial charge is 0.479 e. The molecule has 1 unspecified atom stereocenters. The molecule has 0 spiro atoms. The maximum Gasteiger partial charge on any atom is 0.343 e. The summed E-state index contributed by atoms with van der Waals surface area (Å²) in [6, 6.07) is 0. The zero-order valence-electron chi connectivity index (χ0n) is 10.6. The minimum Gasteiger partial charge on any atom is -0.479 e. The maximum atomic E-state index is 13.7. The van der Waals surface area contributed by atoms with E-state index in [-0.39, 0.29) is 30.8 Å². The highest BCUT2D eigenvalue weighted by Crippen LogP contribution is 2.28. The van der Waals surface area contributed by atoms with Crippen LogP contribution < -0.4 is 0 Å². The molecule has 1 rings (SSSR count). The molecule has 1 aliphatic rings. The van der Waals surface area contributed by atoms with Crippen molar-refractivity contribution < 1.29 is 19.1 Å². The van der Waals surface area contributed by atoms with E-state index in [1.807, 2.05) is 20.8 Å². The number of carbonyl (C=O) groups excluding carboxylic acids is 1. The Morgan fingerprint density at radius 1 is 1.41 bits per heavy atom. The molecule has 1 aliphatic heterocycles. The zero-order chi connectivity index (χ0) is 13.3. The van der Waals surface area contributed by atoms with Crippen LogP contribution in [0.5, 0.6) is 0 Å². The average molecular weight is 245 g/mol. The van der Waals surface area contributed by atoms with Gasteiger partial charge in [-0.1, -0.05) is 20.8 Å². The Kier molecular flexibility index (Phi) is 3.79. The summed E-state index contributed by atoms with van der Waals surface area (Å²) in [5, 5.41) is 8.72. The molecule has 17 heavy (non-hydrogen) atoms. The number of carbonyl (C=O) groups is 2. The fraction of sp³-hybridized carbons (Fsp3) is 0.833. The summed E-state index contributed by atoms with van der Waals surface area (Å²) in [5.74, 6) is -1.62. The normalized spacial score (nSPS) is 25.1. The van der Waals surface area contributed by atoms with Crippen LogP contribution in [0.2, 0.25) is 0 Å². The first-order chi connectivity index (χ1) is 7.64. The Morgan fingerprint density at radius 3 is 2.41 bits per heavy atom. The molecule has 0 saturated carbocycles. The molecule has 98 valence electrons. The van der Waals surface area contributed by atoms with Gasteiger partial charge in [-0.3, -0.25) is 4.79 Å². The quantitative estimate of drug-likeness (QED) is 0.825. The Balaban J connectivity index is 2.49. The average Bonchev–Trinajstić information content (AvgIpc) is 2.58. The van der Waals surface area contributed by atoms with E-state index < -0.39 is 11.6 Å². The lowest BCUT2D eigenvalue weighted by atomic mass is 9.90. The molecule has 0 aliphatic carbocycles. The molecule has 0 radical (unpaired) electrons. The van der Waals surface area contributed by atoms with E-state index >= 15 is 0 Å². The third-order valence-electron chi connectivity index (χ3n) is 3.04. The van der Waals surface area contributed by atoms with Crippen LogP contribution in [-0.4, -0.2) is 40.6 Å². The van der Waals surface area contributed by atoms with E-state index in [1.165, 1.54) is 4.90 Å². The summed E-state index contributed by atoms with van der Waals surface area (Å²) < 4.78 is 13.7. The smallest absolute Gasteiger partial charge is 0.343 e. The van der Waals surface area contributed by atoms with Gasteiger partial charge in [0.1, 0.15) is 0 Å².